The van der Waals surface area contributed by atoms with Crippen LogP contribution < -0.4 is 9.47 Å². The molecule has 0 spiro atoms. The van der Waals surface area contributed by atoms with E-state index >= 15 is 0 Å². The van der Waals surface area contributed by atoms with E-state index in [-0.39, 0.29) is 11.3 Å². The van der Waals surface area contributed by atoms with Crippen molar-refractivity contribution >= 4 is 0 Å². The monoisotopic (exact) mass is 584 g/mol. The molecule has 0 atom stereocenters. The summed E-state index contributed by atoms with van der Waals surface area (Å²) in [6, 6.07) is 8.38. The molecule has 2 aromatic carbocycles. The number of ether oxygens (including phenoxy) is 2. The van der Waals surface area contributed by atoms with Crippen molar-refractivity contribution in [3.8, 4) is 11.5 Å². The van der Waals surface area contributed by atoms with E-state index in [1.165, 1.54) is 76.3 Å². The van der Waals surface area contributed by atoms with E-state index in [1.807, 2.05) is 0 Å². The topological polar surface area (TPSA) is 18.5 Å². The Kier molecular flexibility index (Phi) is 10.6. The number of hydrogen-bond acceptors (Lipinski definition) is 2. The predicted molar refractivity (Wildman–Crippen MR) is 148 cm³/mol. The number of aryl methyl sites for hydroxylation is 1. The highest BCUT2D eigenvalue weighted by Gasteiger charge is 2.40. The second kappa shape index (κ2) is 13.7. The average molecular weight is 585 g/mol. The number of rotatable bonds is 11. The van der Waals surface area contributed by atoms with Gasteiger partial charge in [-0.25, -0.2) is 4.39 Å². The van der Waals surface area contributed by atoms with E-state index in [4.69, 9.17) is 9.47 Å². The van der Waals surface area contributed by atoms with Crippen LogP contribution in [0.5, 0.6) is 11.5 Å². The maximum atomic E-state index is 14.5. The molecule has 0 aromatic heterocycles. The molecule has 2 aliphatic carbocycles. The molecule has 0 heterocycles. The Hall–Kier alpha value is -2.38. The van der Waals surface area contributed by atoms with Gasteiger partial charge in [0.2, 0.25) is 0 Å². The lowest BCUT2D eigenvalue weighted by Crippen LogP contribution is -2.33. The first-order valence-electron chi connectivity index (χ1n) is 15.1. The molecule has 0 unspecified atom stereocenters. The van der Waals surface area contributed by atoms with Crippen molar-refractivity contribution in [2.45, 2.75) is 109 Å². The number of alkyl halides is 5. The van der Waals surface area contributed by atoms with Crippen LogP contribution in [0.4, 0.5) is 26.3 Å². The maximum Gasteiger partial charge on any atom is 0.432 e. The summed E-state index contributed by atoms with van der Waals surface area (Å²) in [5.74, 6) is 0.247. The van der Waals surface area contributed by atoms with E-state index in [1.54, 1.807) is 12.1 Å². The van der Waals surface area contributed by atoms with E-state index < -0.39 is 36.0 Å². The molecule has 2 aromatic rings. The number of halogens is 6. The van der Waals surface area contributed by atoms with Gasteiger partial charge in [0.25, 0.3) is 0 Å². The van der Waals surface area contributed by atoms with Crippen molar-refractivity contribution < 1.29 is 35.8 Å². The van der Waals surface area contributed by atoms with Crippen LogP contribution in [-0.2, 0) is 6.18 Å². The van der Waals surface area contributed by atoms with Gasteiger partial charge in [-0.05, 0) is 98.4 Å². The zero-order chi connectivity index (χ0) is 29.6. The van der Waals surface area contributed by atoms with Crippen LogP contribution in [0.3, 0.4) is 0 Å². The fourth-order valence-corrected chi connectivity index (χ4v) is 6.77. The Morgan fingerprint density at radius 3 is 1.98 bits per heavy atom. The van der Waals surface area contributed by atoms with Crippen LogP contribution >= 0.6 is 0 Å². The Morgan fingerprint density at radius 1 is 0.780 bits per heavy atom. The van der Waals surface area contributed by atoms with Crippen LogP contribution in [0.25, 0.3) is 0 Å². The van der Waals surface area contributed by atoms with Crippen LogP contribution in [0.2, 0.25) is 0 Å². The molecule has 0 aliphatic heterocycles. The summed E-state index contributed by atoms with van der Waals surface area (Å²) in [5, 5.41) is 0. The van der Waals surface area contributed by atoms with E-state index in [9.17, 15) is 26.3 Å². The minimum absolute atomic E-state index is 0.113. The van der Waals surface area contributed by atoms with Gasteiger partial charge in [-0.2, -0.15) is 22.0 Å². The fourth-order valence-electron chi connectivity index (χ4n) is 6.77. The van der Waals surface area contributed by atoms with Crippen molar-refractivity contribution in [3.63, 3.8) is 0 Å². The van der Waals surface area contributed by atoms with Crippen LogP contribution in [-0.4, -0.2) is 12.7 Å². The van der Waals surface area contributed by atoms with Crippen molar-refractivity contribution in [1.29, 1.82) is 0 Å². The minimum Gasteiger partial charge on any atom is -0.482 e. The summed E-state index contributed by atoms with van der Waals surface area (Å²) in [5.41, 5.74) is -0.885. The minimum atomic E-state index is -5.09. The highest BCUT2D eigenvalue weighted by molar-refractivity contribution is 5.40. The third-order valence-corrected chi connectivity index (χ3v) is 9.14. The van der Waals surface area contributed by atoms with Gasteiger partial charge < -0.3 is 9.47 Å². The molecular weight excluding hydrogens is 542 g/mol. The Bertz CT molecular complexity index is 1100. The molecule has 0 saturated heterocycles. The molecule has 0 amide bonds. The molecule has 0 bridgehead atoms. The first-order valence-corrected chi connectivity index (χ1v) is 15.1. The number of hydrogen-bond donors (Lipinski definition) is 0. The number of benzene rings is 2. The van der Waals surface area contributed by atoms with Crippen LogP contribution in [0.1, 0.15) is 107 Å². The van der Waals surface area contributed by atoms with Crippen molar-refractivity contribution in [1.82, 2.24) is 0 Å². The first kappa shape index (κ1) is 31.6. The van der Waals surface area contributed by atoms with Crippen molar-refractivity contribution in [2.24, 2.45) is 17.8 Å². The standard InChI is InChI=1S/C33H42F6O2/c1-3-4-5-6-23-8-10-24(11-9-23)25-12-14-26(15-13-25)27-16-18-28(19-17-27)41-32(35,36)21-40-29-20-7-22(2)31(34)30(29)33(37,38)39/h7,16-20,23-26H,3-6,8-15,21H2,1-2H3. The van der Waals surface area contributed by atoms with Gasteiger partial charge >= 0.3 is 12.3 Å². The zero-order valence-corrected chi connectivity index (χ0v) is 24.1. The highest BCUT2D eigenvalue weighted by Crippen LogP contribution is 2.45. The summed E-state index contributed by atoms with van der Waals surface area (Å²) in [6.07, 6.45) is 6.38. The van der Waals surface area contributed by atoms with E-state index in [0.717, 1.165) is 55.2 Å². The van der Waals surface area contributed by atoms with E-state index in [0.29, 0.717) is 5.92 Å². The van der Waals surface area contributed by atoms with Crippen molar-refractivity contribution in [2.75, 3.05) is 6.61 Å². The normalized spacial score (nSPS) is 23.8. The second-order valence-corrected chi connectivity index (χ2v) is 12.1. The molecule has 2 nitrogen and oxygen atoms in total. The zero-order valence-electron chi connectivity index (χ0n) is 24.1. The molecule has 41 heavy (non-hydrogen) atoms. The van der Waals surface area contributed by atoms with Gasteiger partial charge in [0.05, 0.1) is 0 Å². The first-order chi connectivity index (χ1) is 19.5. The molecule has 228 valence electrons. The molecule has 0 N–H and O–H groups in total. The summed E-state index contributed by atoms with van der Waals surface area (Å²) < 4.78 is 92.3. The third-order valence-electron chi connectivity index (χ3n) is 9.14. The molecule has 2 aliphatic rings. The fraction of sp³-hybridized carbons (Fsp3) is 0.636. The van der Waals surface area contributed by atoms with Gasteiger partial charge in [0.15, 0.2) is 6.61 Å². The molecule has 0 radical (unpaired) electrons. The quantitative estimate of drug-likeness (QED) is 0.193. The SMILES string of the molecule is CCCCCC1CCC(C2CCC(c3ccc(OC(F)(F)COc4ccc(C)c(F)c4C(F)(F)F)cc3)CC2)CC1. The number of unbranched alkanes of at least 4 members (excludes halogenated alkanes) is 2. The second-order valence-electron chi connectivity index (χ2n) is 12.1. The van der Waals surface area contributed by atoms with Crippen LogP contribution in [0, 0.1) is 30.5 Å². The van der Waals surface area contributed by atoms with Crippen molar-refractivity contribution in [3.05, 3.63) is 58.9 Å². The summed E-state index contributed by atoms with van der Waals surface area (Å²) in [7, 11) is 0. The van der Waals surface area contributed by atoms with Gasteiger partial charge in [-0.15, -0.1) is 0 Å². The predicted octanol–water partition coefficient (Wildman–Crippen LogP) is 10.9. The molecule has 8 heteroatoms. The van der Waals surface area contributed by atoms with Gasteiger partial charge in [-0.1, -0.05) is 63.6 Å². The van der Waals surface area contributed by atoms with Gasteiger partial charge in [0.1, 0.15) is 22.9 Å². The van der Waals surface area contributed by atoms with Crippen LogP contribution in [0.15, 0.2) is 36.4 Å². The molecule has 4 rings (SSSR count). The van der Waals surface area contributed by atoms with Gasteiger partial charge in [-0.3, -0.25) is 0 Å². The Labute approximate surface area is 239 Å². The molecule has 2 fully saturated rings. The summed E-state index contributed by atoms with van der Waals surface area (Å²) in [4.78, 5) is 0. The summed E-state index contributed by atoms with van der Waals surface area (Å²) in [6.45, 7) is 1.91. The summed E-state index contributed by atoms with van der Waals surface area (Å²) >= 11 is 0. The molecule has 2 saturated carbocycles. The Morgan fingerprint density at radius 2 is 1.39 bits per heavy atom. The average Bonchev–Trinajstić information content (AvgIpc) is 2.94. The molecular formula is C33H42F6O2. The third kappa shape index (κ3) is 8.57. The smallest absolute Gasteiger partial charge is 0.432 e. The lowest BCUT2D eigenvalue weighted by molar-refractivity contribution is -0.197. The maximum absolute atomic E-state index is 14.5. The lowest BCUT2D eigenvalue weighted by atomic mass is 9.68. The van der Waals surface area contributed by atoms with E-state index in [2.05, 4.69) is 6.92 Å². The highest BCUT2D eigenvalue weighted by atomic mass is 19.4. The Balaban J connectivity index is 1.25. The largest absolute Gasteiger partial charge is 0.482 e. The van der Waals surface area contributed by atoms with Gasteiger partial charge in [0, 0.05) is 0 Å². The lowest BCUT2D eigenvalue weighted by Gasteiger charge is -2.38.